The average Bonchev–Trinajstić information content (AvgIpc) is 2.66. The molecular weight excluding hydrogens is 182 g/mol. The van der Waals surface area contributed by atoms with Crippen LogP contribution in [-0.2, 0) is 14.3 Å². The fraction of sp³-hybridized carbons (Fsp3) is 0.600. The zero-order valence-electron chi connectivity index (χ0n) is 8.50. The van der Waals surface area contributed by atoms with Crippen LogP contribution in [0.1, 0.15) is 26.7 Å². The molecule has 0 fully saturated rings. The van der Waals surface area contributed by atoms with Gasteiger partial charge in [0, 0.05) is 24.6 Å². The molecule has 0 spiro atoms. The van der Waals surface area contributed by atoms with E-state index in [2.05, 4.69) is 5.32 Å². The summed E-state index contributed by atoms with van der Waals surface area (Å²) in [6, 6.07) is -0.375. The van der Waals surface area contributed by atoms with Crippen LogP contribution in [-0.4, -0.2) is 24.4 Å². The smallest absolute Gasteiger partial charge is 0.328 e. The maximum absolute atomic E-state index is 11.3. The first kappa shape index (κ1) is 10.8. The molecule has 1 N–H and O–H groups in total. The summed E-state index contributed by atoms with van der Waals surface area (Å²) >= 11 is 0. The summed E-state index contributed by atoms with van der Waals surface area (Å²) in [5.41, 5.74) is 0.686. The number of nitrogens with one attached hydrogen (secondary N) is 1. The second-order valence-corrected chi connectivity index (χ2v) is 3.12. The maximum Gasteiger partial charge on any atom is 0.328 e. The molecule has 0 aliphatic carbocycles. The Morgan fingerprint density at radius 2 is 2.29 bits per heavy atom. The lowest BCUT2D eigenvalue weighted by Crippen LogP contribution is -2.31. The van der Waals surface area contributed by atoms with Crippen LogP contribution >= 0.6 is 0 Å². The third-order valence-electron chi connectivity index (χ3n) is 2.13. The van der Waals surface area contributed by atoms with Crippen LogP contribution < -0.4 is 5.32 Å². The number of ketones is 1. The quantitative estimate of drug-likeness (QED) is 0.676. The van der Waals surface area contributed by atoms with Crippen LogP contribution in [0.25, 0.3) is 0 Å². The first-order chi connectivity index (χ1) is 6.69. The Balaban J connectivity index is 2.46. The van der Waals surface area contributed by atoms with E-state index in [1.165, 1.54) is 0 Å². The van der Waals surface area contributed by atoms with Crippen molar-refractivity contribution in [2.45, 2.75) is 32.7 Å². The zero-order chi connectivity index (χ0) is 10.6. The molecule has 1 atom stereocenters. The van der Waals surface area contributed by atoms with Crippen LogP contribution in [0.5, 0.6) is 0 Å². The summed E-state index contributed by atoms with van der Waals surface area (Å²) in [7, 11) is 0. The lowest BCUT2D eigenvalue weighted by Gasteiger charge is -2.09. The summed E-state index contributed by atoms with van der Waals surface area (Å²) in [6.45, 7) is 3.94. The van der Waals surface area contributed by atoms with Gasteiger partial charge >= 0.3 is 5.97 Å². The Labute approximate surface area is 83.3 Å². The second-order valence-electron chi connectivity index (χ2n) is 3.12. The van der Waals surface area contributed by atoms with Crippen molar-refractivity contribution in [3.8, 4) is 0 Å². The predicted octanol–water partition coefficient (Wildman–Crippen LogP) is 0.774. The minimum atomic E-state index is -0.375. The van der Waals surface area contributed by atoms with E-state index in [0.29, 0.717) is 25.0 Å². The Morgan fingerprint density at radius 3 is 2.86 bits per heavy atom. The van der Waals surface area contributed by atoms with E-state index in [-0.39, 0.29) is 17.8 Å². The molecule has 1 aliphatic rings. The van der Waals surface area contributed by atoms with Crippen molar-refractivity contribution in [3.05, 3.63) is 11.8 Å². The van der Waals surface area contributed by atoms with Crippen molar-refractivity contribution in [3.63, 3.8) is 0 Å². The van der Waals surface area contributed by atoms with Crippen molar-refractivity contribution in [2.24, 2.45) is 0 Å². The molecular formula is C10H15NO3. The normalized spacial score (nSPS) is 19.9. The SMILES string of the molecule is CCOC(=O)C1CC(C(=O)CC)=CN1. The van der Waals surface area contributed by atoms with Gasteiger partial charge in [-0.1, -0.05) is 6.92 Å². The molecule has 4 heteroatoms. The van der Waals surface area contributed by atoms with Crippen molar-refractivity contribution >= 4 is 11.8 Å². The Bertz CT molecular complexity index is 271. The van der Waals surface area contributed by atoms with E-state index in [1.807, 2.05) is 0 Å². The fourth-order valence-corrected chi connectivity index (χ4v) is 1.35. The van der Waals surface area contributed by atoms with Gasteiger partial charge in [-0.25, -0.2) is 4.79 Å². The zero-order valence-corrected chi connectivity index (χ0v) is 8.50. The van der Waals surface area contributed by atoms with E-state index >= 15 is 0 Å². The number of carbonyl (C=O) groups is 2. The molecule has 0 aromatic heterocycles. The summed E-state index contributed by atoms with van der Waals surface area (Å²) < 4.78 is 4.84. The third kappa shape index (κ3) is 2.34. The summed E-state index contributed by atoms with van der Waals surface area (Å²) in [6.07, 6.45) is 2.54. The van der Waals surface area contributed by atoms with Gasteiger partial charge in [-0.2, -0.15) is 0 Å². The highest BCUT2D eigenvalue weighted by molar-refractivity contribution is 5.96. The highest BCUT2D eigenvalue weighted by Gasteiger charge is 2.26. The Kier molecular flexibility index (Phi) is 3.68. The molecule has 0 aromatic carbocycles. The lowest BCUT2D eigenvalue weighted by molar-refractivity contribution is -0.145. The van der Waals surface area contributed by atoms with Crippen LogP contribution in [0, 0.1) is 0 Å². The van der Waals surface area contributed by atoms with E-state index in [0.717, 1.165) is 0 Å². The number of esters is 1. The Hall–Kier alpha value is -1.32. The second kappa shape index (κ2) is 4.79. The van der Waals surface area contributed by atoms with E-state index in [1.54, 1.807) is 20.0 Å². The van der Waals surface area contributed by atoms with Crippen LogP contribution in [0.2, 0.25) is 0 Å². The van der Waals surface area contributed by atoms with Gasteiger partial charge in [-0.15, -0.1) is 0 Å². The molecule has 0 amide bonds. The van der Waals surface area contributed by atoms with Gasteiger partial charge in [0.05, 0.1) is 6.61 Å². The number of hydrogen-bond donors (Lipinski definition) is 1. The number of hydrogen-bond acceptors (Lipinski definition) is 4. The van der Waals surface area contributed by atoms with E-state index < -0.39 is 0 Å². The van der Waals surface area contributed by atoms with Gasteiger partial charge in [-0.3, -0.25) is 4.79 Å². The van der Waals surface area contributed by atoms with Crippen LogP contribution in [0.15, 0.2) is 11.8 Å². The van der Waals surface area contributed by atoms with Gasteiger partial charge in [0.1, 0.15) is 6.04 Å². The summed E-state index contributed by atoms with van der Waals surface area (Å²) in [4.78, 5) is 22.6. The van der Waals surface area contributed by atoms with Crippen LogP contribution in [0.4, 0.5) is 0 Å². The van der Waals surface area contributed by atoms with Crippen molar-refractivity contribution in [1.82, 2.24) is 5.32 Å². The molecule has 1 rings (SSSR count). The maximum atomic E-state index is 11.3. The number of carbonyl (C=O) groups excluding carboxylic acids is 2. The first-order valence-corrected chi connectivity index (χ1v) is 4.84. The molecule has 0 saturated heterocycles. The molecule has 0 aromatic rings. The summed E-state index contributed by atoms with van der Waals surface area (Å²) in [5, 5.41) is 2.85. The number of rotatable bonds is 4. The third-order valence-corrected chi connectivity index (χ3v) is 2.13. The molecule has 1 aliphatic heterocycles. The minimum absolute atomic E-state index is 0.0873. The standard InChI is InChI=1S/C10H15NO3/c1-3-9(12)7-5-8(11-6-7)10(13)14-4-2/h6,8,11H,3-5H2,1-2H3. The monoisotopic (exact) mass is 197 g/mol. The van der Waals surface area contributed by atoms with Gasteiger partial charge in [0.25, 0.3) is 0 Å². The minimum Gasteiger partial charge on any atom is -0.464 e. The number of ether oxygens (including phenoxy) is 1. The highest BCUT2D eigenvalue weighted by atomic mass is 16.5. The van der Waals surface area contributed by atoms with E-state index in [9.17, 15) is 9.59 Å². The predicted molar refractivity (Wildman–Crippen MR) is 51.6 cm³/mol. The highest BCUT2D eigenvalue weighted by Crippen LogP contribution is 2.15. The topological polar surface area (TPSA) is 55.4 Å². The average molecular weight is 197 g/mol. The van der Waals surface area contributed by atoms with E-state index in [4.69, 9.17) is 4.74 Å². The molecule has 4 nitrogen and oxygen atoms in total. The molecule has 78 valence electrons. The largest absolute Gasteiger partial charge is 0.464 e. The van der Waals surface area contributed by atoms with Crippen molar-refractivity contribution in [1.29, 1.82) is 0 Å². The molecule has 0 saturated carbocycles. The fourth-order valence-electron chi connectivity index (χ4n) is 1.35. The van der Waals surface area contributed by atoms with Gasteiger partial charge < -0.3 is 10.1 Å². The molecule has 0 bridgehead atoms. The van der Waals surface area contributed by atoms with Gasteiger partial charge in [0.2, 0.25) is 0 Å². The van der Waals surface area contributed by atoms with Crippen molar-refractivity contribution in [2.75, 3.05) is 6.61 Å². The molecule has 1 unspecified atom stereocenters. The van der Waals surface area contributed by atoms with Gasteiger partial charge in [0.15, 0.2) is 5.78 Å². The summed E-state index contributed by atoms with van der Waals surface area (Å²) in [5.74, 6) is -0.202. The first-order valence-electron chi connectivity index (χ1n) is 4.84. The van der Waals surface area contributed by atoms with Crippen LogP contribution in [0.3, 0.4) is 0 Å². The molecule has 1 heterocycles. The van der Waals surface area contributed by atoms with Gasteiger partial charge in [-0.05, 0) is 6.92 Å². The number of Topliss-reactive ketones (excluding diaryl/α,β-unsaturated/α-hetero) is 1. The molecule has 14 heavy (non-hydrogen) atoms. The van der Waals surface area contributed by atoms with Crippen molar-refractivity contribution < 1.29 is 14.3 Å². The lowest BCUT2D eigenvalue weighted by atomic mass is 10.1. The molecule has 0 radical (unpaired) electrons. The Morgan fingerprint density at radius 1 is 1.57 bits per heavy atom.